The normalized spacial score (nSPS) is 25.8. The van der Waals surface area contributed by atoms with Crippen LogP contribution in [0.15, 0.2) is 115 Å². The van der Waals surface area contributed by atoms with E-state index in [0.29, 0.717) is 61.4 Å². The van der Waals surface area contributed by atoms with Gasteiger partial charge in [-0.05, 0) is 125 Å². The van der Waals surface area contributed by atoms with Gasteiger partial charge in [-0.3, -0.25) is 23.7 Å². The Balaban J connectivity index is 0.767. The van der Waals surface area contributed by atoms with Crippen LogP contribution in [0.1, 0.15) is 159 Å². The highest BCUT2D eigenvalue weighted by Crippen LogP contribution is 2.64. The van der Waals surface area contributed by atoms with Gasteiger partial charge in [-0.15, -0.1) is 10.2 Å². The second-order valence-electron chi connectivity index (χ2n) is 30.3. The number of aromatic hydroxyl groups is 2. The number of rotatable bonds is 19. The Morgan fingerprint density at radius 3 is 2.04 bits per heavy atom. The van der Waals surface area contributed by atoms with Crippen molar-refractivity contribution in [2.75, 3.05) is 49.1 Å². The number of phenols is 2. The second kappa shape index (κ2) is 29.7. The standard InChI is InChI=1S/C77H92N10O19/c1-12-78-66(94)65-84-83-64(51-35-50(41(2)3)52(89)36-53(51)90)87(65)47-23-25-48(26-24-47)101-49-29-33-86(34-30-49)71-80-40-79-70(82-71)85-31-27-46(28-32-85)67(95)103-60(58(44-19-15-13-16-20-44)81-72(98)106-73(6,7)8)69(97)102-54-38-77(99)63(104-68(96)45-21-17-14-18-22-45)61-75(11,62(93)59(92)57(42(54)4)74(77,9)10)55(91)37-56-76(61,39-100-56)105-43(5)88/h13-26,35-36,40-41,46,49,54-56,58-61,63,89-92,99H,12,27-34,37-39H2,1-11H3,(H,78,94)(H,81,98)/t54-,55-,56+,58-,59+,60+,61-,63-,75+,76-,77?/m0/s1. The molecule has 12 rings (SSSR count). The molecule has 2 amide bonds. The van der Waals surface area contributed by atoms with Crippen molar-refractivity contribution < 1.29 is 92.3 Å². The van der Waals surface area contributed by atoms with E-state index < -0.39 is 130 Å². The molecule has 2 saturated carbocycles. The van der Waals surface area contributed by atoms with Gasteiger partial charge in [0.15, 0.2) is 17.2 Å². The van der Waals surface area contributed by atoms with Gasteiger partial charge in [0.05, 0.1) is 41.1 Å². The van der Waals surface area contributed by atoms with E-state index in [9.17, 15) is 49.5 Å². The fourth-order valence-electron chi connectivity index (χ4n) is 16.1. The summed E-state index contributed by atoms with van der Waals surface area (Å²) in [6, 6.07) is 24.5. The fraction of sp³-hybridized carbons (Fsp3) is 0.506. The molecular weight excluding hydrogens is 1370 g/mol. The van der Waals surface area contributed by atoms with Gasteiger partial charge in [0, 0.05) is 82.5 Å². The lowest BCUT2D eigenvalue weighted by Gasteiger charge is -2.67. The summed E-state index contributed by atoms with van der Waals surface area (Å²) in [6.45, 7) is 19.2. The quantitative estimate of drug-likeness (QED) is 0.0234. The van der Waals surface area contributed by atoms with E-state index in [1.807, 2.05) is 23.6 Å². The average Bonchev–Trinajstić information content (AvgIpc) is 0.738. The summed E-state index contributed by atoms with van der Waals surface area (Å²) >= 11 is 0. The Morgan fingerprint density at radius 2 is 1.44 bits per heavy atom. The molecule has 106 heavy (non-hydrogen) atoms. The first kappa shape index (κ1) is 75.6. The molecule has 4 aromatic carbocycles. The third-order valence-electron chi connectivity index (χ3n) is 21.8. The Kier molecular flexibility index (Phi) is 21.2. The van der Waals surface area contributed by atoms with Crippen LogP contribution in [0.2, 0.25) is 0 Å². The van der Waals surface area contributed by atoms with Crippen LogP contribution in [0.3, 0.4) is 0 Å². The maximum atomic E-state index is 15.7. The van der Waals surface area contributed by atoms with E-state index >= 15 is 9.59 Å². The summed E-state index contributed by atoms with van der Waals surface area (Å²) in [7, 11) is 0. The summed E-state index contributed by atoms with van der Waals surface area (Å²) in [5.41, 5.74) is -7.50. The van der Waals surface area contributed by atoms with Crippen molar-refractivity contribution in [1.29, 1.82) is 0 Å². The number of aliphatic hydroxyl groups is 3. The molecule has 3 saturated heterocycles. The van der Waals surface area contributed by atoms with Gasteiger partial charge < -0.3 is 79.1 Å². The van der Waals surface area contributed by atoms with Gasteiger partial charge in [-0.1, -0.05) is 76.2 Å². The number of nitrogens with one attached hydrogen (secondary N) is 2. The van der Waals surface area contributed by atoms with Crippen LogP contribution in [-0.4, -0.2) is 196 Å². The molecule has 564 valence electrons. The number of amides is 2. The lowest BCUT2D eigenvalue weighted by atomic mass is 9.44. The van der Waals surface area contributed by atoms with Crippen LogP contribution < -0.4 is 25.2 Å². The number of anilines is 2. The molecular formula is C77H92N10O19. The van der Waals surface area contributed by atoms with Gasteiger partial charge in [0.1, 0.15) is 71.3 Å². The van der Waals surface area contributed by atoms with Crippen LogP contribution in [0, 0.1) is 22.7 Å². The van der Waals surface area contributed by atoms with Gasteiger partial charge in [-0.25, -0.2) is 24.4 Å². The summed E-state index contributed by atoms with van der Waals surface area (Å²) < 4.78 is 45.2. The molecule has 6 aliphatic rings. The number of ketones is 1. The zero-order valence-electron chi connectivity index (χ0n) is 61.2. The summed E-state index contributed by atoms with van der Waals surface area (Å²) in [4.78, 5) is 119. The van der Waals surface area contributed by atoms with E-state index in [1.165, 1.54) is 38.4 Å². The number of aliphatic hydroxyl groups excluding tert-OH is 2. The number of phenolic OH excluding ortho intramolecular Hbond substituents is 2. The van der Waals surface area contributed by atoms with Crippen LogP contribution in [0.5, 0.6) is 17.2 Å². The topological polar surface area (TPSA) is 385 Å². The van der Waals surface area contributed by atoms with Gasteiger partial charge in [-0.2, -0.15) is 4.98 Å². The molecule has 29 heteroatoms. The molecule has 7 N–H and O–H groups in total. The second-order valence-corrected chi connectivity index (χ2v) is 30.3. The molecule has 1 unspecified atom stereocenters. The molecule has 2 aromatic heterocycles. The third-order valence-corrected chi connectivity index (χ3v) is 21.8. The number of piperidine rings is 2. The van der Waals surface area contributed by atoms with Gasteiger partial charge >= 0.3 is 30.0 Å². The number of carbonyl (C=O) groups is 7. The van der Waals surface area contributed by atoms with Crippen molar-refractivity contribution in [3.63, 3.8) is 0 Å². The van der Waals surface area contributed by atoms with Gasteiger partial charge in [0.2, 0.25) is 23.8 Å². The number of hydrogen-bond donors (Lipinski definition) is 7. The van der Waals surface area contributed by atoms with E-state index in [0.717, 1.165) is 6.92 Å². The van der Waals surface area contributed by atoms with Crippen LogP contribution >= 0.6 is 0 Å². The Hall–Kier alpha value is -10.1. The maximum absolute atomic E-state index is 15.7. The smallest absolute Gasteiger partial charge is 0.408 e. The third kappa shape index (κ3) is 14.3. The molecule has 0 radical (unpaired) electrons. The number of nitrogens with zero attached hydrogens (tertiary/aromatic N) is 8. The number of ether oxygens (including phenoxy) is 7. The van der Waals surface area contributed by atoms with Crippen LogP contribution in [0.4, 0.5) is 16.7 Å². The molecule has 0 spiro atoms. The molecule has 5 heterocycles. The van der Waals surface area contributed by atoms with Gasteiger partial charge in [0.25, 0.3) is 5.91 Å². The zero-order valence-corrected chi connectivity index (χ0v) is 61.2. The molecule has 2 bridgehead atoms. The predicted octanol–water partition coefficient (Wildman–Crippen LogP) is 7.49. The number of aromatic nitrogens is 6. The Bertz CT molecular complexity index is 4340. The monoisotopic (exact) mass is 1460 g/mol. The molecule has 6 aromatic rings. The minimum atomic E-state index is -2.48. The first-order chi connectivity index (χ1) is 50.3. The number of fused-ring (bicyclic) bond motifs is 5. The lowest BCUT2D eigenvalue weighted by molar-refractivity contribution is -0.346. The molecule has 5 fully saturated rings. The minimum absolute atomic E-state index is 0.00229. The number of alkyl carbamates (subject to hydrolysis) is 1. The van der Waals surface area contributed by atoms with Crippen LogP contribution in [-0.2, 0) is 47.6 Å². The van der Waals surface area contributed by atoms with E-state index in [-0.39, 0.29) is 102 Å². The van der Waals surface area contributed by atoms with Crippen molar-refractivity contribution >= 4 is 53.6 Å². The highest BCUT2D eigenvalue weighted by atomic mass is 16.6. The Morgan fingerprint density at radius 1 is 0.811 bits per heavy atom. The largest absolute Gasteiger partial charge is 0.508 e. The Labute approximate surface area is 613 Å². The van der Waals surface area contributed by atoms with Crippen molar-refractivity contribution in [2.24, 2.45) is 22.7 Å². The highest BCUT2D eigenvalue weighted by Gasteiger charge is 2.78. The fourth-order valence-corrected chi connectivity index (χ4v) is 16.1. The van der Waals surface area contributed by atoms with E-state index in [1.54, 1.807) is 125 Å². The maximum Gasteiger partial charge on any atom is 0.408 e. The van der Waals surface area contributed by atoms with Crippen molar-refractivity contribution in [3.05, 3.63) is 137 Å². The molecule has 29 nitrogen and oxygen atoms in total. The van der Waals surface area contributed by atoms with E-state index in [4.69, 9.17) is 38.1 Å². The summed E-state index contributed by atoms with van der Waals surface area (Å²) in [6.07, 6.45) is -9.29. The lowest BCUT2D eigenvalue weighted by Crippen LogP contribution is -2.81. The predicted molar refractivity (Wildman–Crippen MR) is 380 cm³/mol. The van der Waals surface area contributed by atoms with Crippen LogP contribution in [0.25, 0.3) is 17.1 Å². The minimum Gasteiger partial charge on any atom is -0.508 e. The highest BCUT2D eigenvalue weighted by molar-refractivity contribution is 5.95. The molecule has 11 atom stereocenters. The van der Waals surface area contributed by atoms with Crippen molar-refractivity contribution in [2.45, 2.75) is 186 Å². The first-order valence-corrected chi connectivity index (χ1v) is 35.9. The summed E-state index contributed by atoms with van der Waals surface area (Å²) in [5.74, 6) is -6.52. The van der Waals surface area contributed by atoms with E-state index in [2.05, 4.69) is 30.8 Å². The molecule has 3 aliphatic heterocycles. The zero-order chi connectivity index (χ0) is 76.1. The first-order valence-electron chi connectivity index (χ1n) is 35.9. The number of Topliss-reactive ketones (excluding diaryl/α,β-unsaturated/α-hetero) is 1. The van der Waals surface area contributed by atoms with Crippen molar-refractivity contribution in [1.82, 2.24) is 40.3 Å². The number of carbonyl (C=O) groups excluding carboxylic acids is 7. The average molecular weight is 1460 g/mol. The SMILES string of the molecule is CCNC(=O)c1nnc(-c2cc(C(C)C)c(O)cc2O)n1-c1ccc(OC2CCN(c3ncnc(N4CCC(C(=O)O[C@@H](C(=O)O[C@H]5CC6(O)[C@@H](OC(=O)c7ccccc7)[C@@H]7[C@]8(OC(C)=O)CO[C@@H]8C[C@H](O)[C@@]7(C)C(=O)[C@H](O)C(=C5C)C6(C)C)[C@@H](NC(=O)OC(C)(C)C)c5ccccc5)CC4)n3)CC2)cc1. The van der Waals surface area contributed by atoms with Crippen molar-refractivity contribution in [3.8, 4) is 34.3 Å². The summed E-state index contributed by atoms with van der Waals surface area (Å²) in [5, 5.41) is 74.6. The number of benzene rings is 4. The molecule has 3 aliphatic carbocycles. The number of hydrogen-bond acceptors (Lipinski definition) is 26. The number of esters is 4.